The van der Waals surface area contributed by atoms with E-state index < -0.39 is 37.2 Å². The Morgan fingerprint density at radius 1 is 1.12 bits per heavy atom. The second-order valence-electron chi connectivity index (χ2n) is 3.40. The van der Waals surface area contributed by atoms with E-state index in [0.29, 0.717) is 0 Å². The van der Waals surface area contributed by atoms with Crippen LogP contribution in [0.5, 0.6) is 0 Å². The minimum atomic E-state index is -1.000. The van der Waals surface area contributed by atoms with Crippen LogP contribution in [0.15, 0.2) is 48.6 Å². The Morgan fingerprint density at radius 3 is 1.80 bits per heavy atom. The molecule has 1 aromatic rings. The summed E-state index contributed by atoms with van der Waals surface area (Å²) in [5.41, 5.74) is 0. The van der Waals surface area contributed by atoms with Gasteiger partial charge in [-0.05, 0) is 6.92 Å². The van der Waals surface area contributed by atoms with Gasteiger partial charge in [0.1, 0.15) is 0 Å². The Bertz CT molecular complexity index is 501. The van der Waals surface area contributed by atoms with Crippen LogP contribution < -0.4 is 0 Å². The largest absolute Gasteiger partial charge is 0.442 e. The summed E-state index contributed by atoms with van der Waals surface area (Å²) < 4.78 is 7.31. The number of hydrogen-bond donors (Lipinski definition) is 0. The molecule has 0 aliphatic carbocycles. The molecule has 0 bridgehead atoms. The fourth-order valence-corrected chi connectivity index (χ4v) is 0.995. The van der Waals surface area contributed by atoms with Gasteiger partial charge in [0.05, 0.1) is 9.62 Å². The molecule has 0 N–H and O–H groups in total. The van der Waals surface area contributed by atoms with Crippen molar-refractivity contribution < 1.29 is 47.0 Å². The number of nitrogens with zero attached hydrogens (tertiary/aromatic N) is 2. The number of benzene rings is 1. The van der Waals surface area contributed by atoms with Crippen molar-refractivity contribution in [2.45, 2.75) is 6.92 Å². The van der Waals surface area contributed by atoms with E-state index in [4.69, 9.17) is 0 Å². The van der Waals surface area contributed by atoms with Crippen LogP contribution >= 0.6 is 8.96 Å². The summed E-state index contributed by atoms with van der Waals surface area (Å²) in [7, 11) is -1.000. The summed E-state index contributed by atoms with van der Waals surface area (Å²) in [5.74, 6) is -1.57. The van der Waals surface area contributed by atoms with Crippen molar-refractivity contribution in [1.82, 2.24) is 0 Å². The molecular weight excluding hydrogens is 394 g/mol. The maximum Gasteiger partial charge on any atom is 0.442 e. The zero-order valence-corrected chi connectivity index (χ0v) is 15.5. The van der Waals surface area contributed by atoms with Gasteiger partial charge < -0.3 is 9.26 Å². The quantitative estimate of drug-likeness (QED) is 0.137. The van der Waals surface area contributed by atoms with Gasteiger partial charge in [0.25, 0.3) is 0 Å². The first-order chi connectivity index (χ1) is 11.3. The van der Waals surface area contributed by atoms with E-state index in [1.165, 1.54) is 6.08 Å². The van der Waals surface area contributed by atoms with Crippen molar-refractivity contribution in [3.05, 3.63) is 75.7 Å². The SMILES string of the molecule is CC=CC(=O)OP[N+](=O)[O-].[CH2-]C(=O)OC[N+](=O)[O-].[V].c1ccccc1. The Balaban J connectivity index is -0.000000292. The molecule has 0 fully saturated rings. The van der Waals surface area contributed by atoms with E-state index in [0.717, 1.165) is 6.08 Å². The Hall–Kier alpha value is -2.42. The maximum absolute atomic E-state index is 10.3. The first-order valence-corrected chi connectivity index (χ1v) is 6.99. The number of nitro groups is 2. The Morgan fingerprint density at radius 2 is 1.56 bits per heavy atom. The summed E-state index contributed by atoms with van der Waals surface area (Å²) in [6.07, 6.45) is 2.57. The molecule has 0 spiro atoms. The minimum Gasteiger partial charge on any atom is -0.427 e. The third kappa shape index (κ3) is 30.1. The van der Waals surface area contributed by atoms with Gasteiger partial charge in [-0.1, -0.05) is 42.5 Å². The van der Waals surface area contributed by atoms with Crippen LogP contribution in [-0.2, 0) is 37.4 Å². The maximum atomic E-state index is 10.3. The molecule has 0 heterocycles. The monoisotopic (exact) mass is 410 g/mol. The number of hydrogen-bond acceptors (Lipinski definition) is 8. The summed E-state index contributed by atoms with van der Waals surface area (Å²) in [5, 5.41) is 19.0. The van der Waals surface area contributed by atoms with E-state index in [1.54, 1.807) is 6.92 Å². The molecule has 0 saturated heterocycles. The second kappa shape index (κ2) is 19.6. The topological polar surface area (TPSA) is 139 Å². The van der Waals surface area contributed by atoms with Crippen LogP contribution in [0, 0.1) is 27.2 Å². The number of esters is 1. The number of carbonyl (C=O) groups is 2. The van der Waals surface area contributed by atoms with Gasteiger partial charge in [-0.3, -0.25) is 31.9 Å². The van der Waals surface area contributed by atoms with Gasteiger partial charge in [0, 0.05) is 24.6 Å². The Labute approximate surface area is 157 Å². The average Bonchev–Trinajstić information content (AvgIpc) is 2.54. The molecule has 1 rings (SSSR count). The zero-order valence-electron chi connectivity index (χ0n) is 13.1. The fourth-order valence-electron chi connectivity index (χ4n) is 0.762. The minimum absolute atomic E-state index is 0. The van der Waals surface area contributed by atoms with Crippen molar-refractivity contribution in [3.8, 4) is 0 Å². The molecule has 0 aromatic heterocycles. The van der Waals surface area contributed by atoms with Crippen LogP contribution in [-0.4, -0.2) is 28.3 Å². The van der Waals surface area contributed by atoms with E-state index in [-0.39, 0.29) is 18.6 Å². The van der Waals surface area contributed by atoms with Crippen molar-refractivity contribution in [2.24, 2.45) is 0 Å². The molecular formula is C13H16N2O8PV-. The zero-order chi connectivity index (χ0) is 18.8. The molecule has 0 aliphatic rings. The molecule has 12 heteroatoms. The molecule has 1 unspecified atom stereocenters. The number of carbonyl (C=O) groups excluding carboxylic acids is 2. The normalized spacial score (nSPS) is 8.84. The Kier molecular flexibility index (Phi) is 21.5. The third-order valence-corrected chi connectivity index (χ3v) is 1.96. The molecule has 1 aromatic carbocycles. The summed E-state index contributed by atoms with van der Waals surface area (Å²) in [4.78, 5) is 38.3. The van der Waals surface area contributed by atoms with Gasteiger partial charge in [-0.15, -0.1) is 0 Å². The molecule has 0 aliphatic heterocycles. The molecule has 0 saturated carbocycles. The van der Waals surface area contributed by atoms with Crippen LogP contribution in [0.3, 0.4) is 0 Å². The predicted molar refractivity (Wildman–Crippen MR) is 86.0 cm³/mol. The first-order valence-electron chi connectivity index (χ1n) is 6.13. The second-order valence-corrected chi connectivity index (χ2v) is 4.15. The molecule has 1 atom stereocenters. The van der Waals surface area contributed by atoms with E-state index in [2.05, 4.69) is 16.2 Å². The summed E-state index contributed by atoms with van der Waals surface area (Å²) in [6, 6.07) is 12.0. The van der Waals surface area contributed by atoms with E-state index >= 15 is 0 Å². The van der Waals surface area contributed by atoms with E-state index in [1.807, 2.05) is 36.4 Å². The number of ether oxygens (including phenoxy) is 1. The smallest absolute Gasteiger partial charge is 0.427 e. The van der Waals surface area contributed by atoms with Crippen LogP contribution in [0.1, 0.15) is 6.92 Å². The van der Waals surface area contributed by atoms with Crippen LogP contribution in [0.4, 0.5) is 0 Å². The van der Waals surface area contributed by atoms with Gasteiger partial charge >= 0.3 is 21.7 Å². The number of allylic oxidation sites excluding steroid dienone is 1. The van der Waals surface area contributed by atoms with Gasteiger partial charge in [0.15, 0.2) is 5.97 Å². The first kappa shape index (κ1) is 27.4. The molecule has 0 amide bonds. The van der Waals surface area contributed by atoms with Crippen LogP contribution in [0.25, 0.3) is 0 Å². The molecule has 137 valence electrons. The van der Waals surface area contributed by atoms with E-state index in [9.17, 15) is 29.8 Å². The van der Waals surface area contributed by atoms with Gasteiger partial charge in [0.2, 0.25) is 0 Å². The van der Waals surface area contributed by atoms with Crippen molar-refractivity contribution in [1.29, 1.82) is 0 Å². The van der Waals surface area contributed by atoms with Crippen molar-refractivity contribution in [3.63, 3.8) is 0 Å². The molecule has 25 heavy (non-hydrogen) atoms. The van der Waals surface area contributed by atoms with Crippen LogP contribution in [0.2, 0.25) is 0 Å². The van der Waals surface area contributed by atoms with Gasteiger partial charge in [-0.2, -0.15) is 0 Å². The number of rotatable bonds is 5. The van der Waals surface area contributed by atoms with Gasteiger partial charge in [-0.25, -0.2) is 4.79 Å². The van der Waals surface area contributed by atoms with Crippen molar-refractivity contribution >= 4 is 20.9 Å². The van der Waals surface area contributed by atoms with Crippen molar-refractivity contribution in [2.75, 3.05) is 6.73 Å². The standard InChI is InChI=1S/C6H6.C4H6NO4P.C3H4NO4.V/c1-2-4-6-5-3-1;1-2-3-4(6)9-10-5(7)8;1-3(5)8-2-4(6)7;/h1-6H;2-3,10H,1H3;1-2H2;/q;;-1;. The molecule has 1 radical (unpaired) electrons. The fraction of sp³-hybridized carbons (Fsp3) is 0.154. The average molecular weight is 410 g/mol. The summed E-state index contributed by atoms with van der Waals surface area (Å²) in [6.45, 7) is 3.56. The summed E-state index contributed by atoms with van der Waals surface area (Å²) >= 11 is 0. The molecule has 10 nitrogen and oxygen atoms in total. The third-order valence-electron chi connectivity index (χ3n) is 1.52. The predicted octanol–water partition coefficient (Wildman–Crippen LogP) is 2.17.